The third-order valence-corrected chi connectivity index (χ3v) is 5.58. The van der Waals surface area contributed by atoms with Gasteiger partial charge in [-0.15, -0.1) is 0 Å². The molecule has 1 fully saturated rings. The highest BCUT2D eigenvalue weighted by atomic mass is 32.2. The lowest BCUT2D eigenvalue weighted by Crippen LogP contribution is -2.30. The Morgan fingerprint density at radius 3 is 2.52 bits per heavy atom. The van der Waals surface area contributed by atoms with Crippen LogP contribution in [-0.2, 0) is 19.6 Å². The van der Waals surface area contributed by atoms with Crippen LogP contribution in [0, 0.1) is 5.92 Å². The average Bonchev–Trinajstić information content (AvgIpc) is 2.97. The van der Waals surface area contributed by atoms with E-state index in [0.29, 0.717) is 18.5 Å². The number of esters is 1. The zero-order valence-electron chi connectivity index (χ0n) is 11.5. The lowest BCUT2D eigenvalue weighted by molar-refractivity contribution is -0.144. The number of ether oxygens (including phenoxy) is 1. The molecule has 8 heteroatoms. The largest absolute Gasteiger partial charge is 0.469 e. The lowest BCUT2D eigenvalue weighted by Gasteiger charge is -2.16. The van der Waals surface area contributed by atoms with Gasteiger partial charge in [0.05, 0.1) is 17.9 Å². The Hall–Kier alpha value is -1.51. The predicted molar refractivity (Wildman–Crippen MR) is 81.2 cm³/mol. The van der Waals surface area contributed by atoms with Gasteiger partial charge in [-0.05, 0) is 18.6 Å². The molecule has 1 unspecified atom stereocenters. The minimum atomic E-state index is -3.61. The standard InChI is InChI=1S/C13H16N2O4S2/c1-19-13(16)10-6-7-15(8-10)21(17,18)11-4-2-9(3-5-11)12(14)20/h2-5,10H,6-8H2,1H3,(H2,14,20). The van der Waals surface area contributed by atoms with Crippen molar-refractivity contribution in [1.82, 2.24) is 4.31 Å². The summed E-state index contributed by atoms with van der Waals surface area (Å²) in [5, 5.41) is 0. The molecule has 1 aliphatic heterocycles. The van der Waals surface area contributed by atoms with Gasteiger partial charge in [-0.2, -0.15) is 4.31 Å². The molecular formula is C13H16N2O4S2. The molecule has 0 bridgehead atoms. The van der Waals surface area contributed by atoms with Crippen molar-refractivity contribution in [3.05, 3.63) is 29.8 Å². The van der Waals surface area contributed by atoms with Crippen molar-refractivity contribution in [3.8, 4) is 0 Å². The number of thiocarbonyl (C=S) groups is 1. The molecule has 114 valence electrons. The first kappa shape index (κ1) is 15.9. The van der Waals surface area contributed by atoms with Gasteiger partial charge >= 0.3 is 5.97 Å². The molecule has 1 heterocycles. The number of hydrogen-bond donors (Lipinski definition) is 1. The molecule has 1 aromatic carbocycles. The zero-order valence-corrected chi connectivity index (χ0v) is 13.1. The van der Waals surface area contributed by atoms with Crippen LogP contribution < -0.4 is 5.73 Å². The molecule has 0 aromatic heterocycles. The van der Waals surface area contributed by atoms with Crippen LogP contribution in [0.1, 0.15) is 12.0 Å². The van der Waals surface area contributed by atoms with Crippen molar-refractivity contribution in [2.45, 2.75) is 11.3 Å². The molecule has 0 radical (unpaired) electrons. The lowest BCUT2D eigenvalue weighted by atomic mass is 10.1. The quantitative estimate of drug-likeness (QED) is 0.640. The Bertz CT molecular complexity index is 655. The van der Waals surface area contributed by atoms with E-state index in [4.69, 9.17) is 18.0 Å². The fourth-order valence-electron chi connectivity index (χ4n) is 2.25. The van der Waals surface area contributed by atoms with Crippen LogP contribution in [-0.4, -0.2) is 43.9 Å². The van der Waals surface area contributed by atoms with Crippen molar-refractivity contribution in [1.29, 1.82) is 0 Å². The summed E-state index contributed by atoms with van der Waals surface area (Å²) in [5.41, 5.74) is 6.09. The van der Waals surface area contributed by atoms with Gasteiger partial charge < -0.3 is 10.5 Å². The topological polar surface area (TPSA) is 89.7 Å². The second-order valence-corrected chi connectivity index (χ2v) is 7.14. The average molecular weight is 328 g/mol. The highest BCUT2D eigenvalue weighted by Crippen LogP contribution is 2.25. The van der Waals surface area contributed by atoms with Crippen LogP contribution in [0.3, 0.4) is 0 Å². The molecule has 2 rings (SSSR count). The van der Waals surface area contributed by atoms with E-state index in [1.807, 2.05) is 0 Å². The molecule has 1 saturated heterocycles. The highest BCUT2D eigenvalue weighted by molar-refractivity contribution is 7.89. The second-order valence-electron chi connectivity index (χ2n) is 4.76. The third kappa shape index (κ3) is 3.22. The molecule has 1 aliphatic rings. The van der Waals surface area contributed by atoms with Gasteiger partial charge in [0, 0.05) is 18.7 Å². The maximum Gasteiger partial charge on any atom is 0.310 e. The zero-order chi connectivity index (χ0) is 15.6. The predicted octanol–water partition coefficient (Wildman–Crippen LogP) is 0.504. The number of sulfonamides is 1. The first-order chi connectivity index (χ1) is 9.86. The number of nitrogens with two attached hydrogens (primary N) is 1. The maximum absolute atomic E-state index is 12.5. The fourth-order valence-corrected chi connectivity index (χ4v) is 3.88. The van der Waals surface area contributed by atoms with Crippen molar-refractivity contribution in [3.63, 3.8) is 0 Å². The SMILES string of the molecule is COC(=O)C1CCN(S(=O)(=O)c2ccc(C(N)=S)cc2)C1. The molecule has 0 saturated carbocycles. The number of hydrogen-bond acceptors (Lipinski definition) is 5. The summed E-state index contributed by atoms with van der Waals surface area (Å²) in [5.74, 6) is -0.780. The summed E-state index contributed by atoms with van der Waals surface area (Å²) >= 11 is 4.83. The summed E-state index contributed by atoms with van der Waals surface area (Å²) in [6.45, 7) is 0.450. The summed E-state index contributed by atoms with van der Waals surface area (Å²) in [4.78, 5) is 11.8. The molecule has 0 amide bonds. The van der Waals surface area contributed by atoms with Crippen molar-refractivity contribution < 1.29 is 17.9 Å². The normalized spacial score (nSPS) is 19.4. The molecule has 0 aliphatic carbocycles. The molecule has 2 N–H and O–H groups in total. The second kappa shape index (κ2) is 6.08. The number of methoxy groups -OCH3 is 1. The van der Waals surface area contributed by atoms with E-state index >= 15 is 0 Å². The monoisotopic (exact) mass is 328 g/mol. The van der Waals surface area contributed by atoms with Crippen LogP contribution in [0.5, 0.6) is 0 Å². The maximum atomic E-state index is 12.5. The Morgan fingerprint density at radius 1 is 1.38 bits per heavy atom. The molecule has 21 heavy (non-hydrogen) atoms. The molecule has 1 aromatic rings. The van der Waals surface area contributed by atoms with Gasteiger partial charge in [-0.3, -0.25) is 4.79 Å². The van der Waals surface area contributed by atoms with E-state index in [0.717, 1.165) is 0 Å². The van der Waals surface area contributed by atoms with Gasteiger partial charge in [-0.25, -0.2) is 8.42 Å². The van der Waals surface area contributed by atoms with Gasteiger partial charge in [0.1, 0.15) is 4.99 Å². The minimum absolute atomic E-state index is 0.145. The van der Waals surface area contributed by atoms with Crippen LogP contribution in [0.15, 0.2) is 29.2 Å². The summed E-state index contributed by atoms with van der Waals surface area (Å²) < 4.78 is 30.9. The van der Waals surface area contributed by atoms with E-state index in [-0.39, 0.29) is 22.4 Å². The van der Waals surface area contributed by atoms with Crippen molar-refractivity contribution in [2.75, 3.05) is 20.2 Å². The van der Waals surface area contributed by atoms with E-state index in [9.17, 15) is 13.2 Å². The Balaban J connectivity index is 2.19. The third-order valence-electron chi connectivity index (χ3n) is 3.46. The van der Waals surface area contributed by atoms with Crippen molar-refractivity contribution in [2.24, 2.45) is 11.7 Å². The Labute approximate surface area is 128 Å². The summed E-state index contributed by atoms with van der Waals surface area (Å²) in [7, 11) is -2.31. The van der Waals surface area contributed by atoms with Gasteiger partial charge in [0.2, 0.25) is 10.0 Å². The smallest absolute Gasteiger partial charge is 0.310 e. The Morgan fingerprint density at radius 2 is 2.00 bits per heavy atom. The van der Waals surface area contributed by atoms with Crippen LogP contribution in [0.4, 0.5) is 0 Å². The molecule has 6 nitrogen and oxygen atoms in total. The number of rotatable bonds is 4. The first-order valence-corrected chi connectivity index (χ1v) is 8.19. The van der Waals surface area contributed by atoms with E-state index < -0.39 is 15.9 Å². The van der Waals surface area contributed by atoms with Gasteiger partial charge in [0.25, 0.3) is 0 Å². The Kier molecular flexibility index (Phi) is 4.60. The number of nitrogens with zero attached hydrogens (tertiary/aromatic N) is 1. The van der Waals surface area contributed by atoms with Crippen LogP contribution in [0.2, 0.25) is 0 Å². The number of benzene rings is 1. The minimum Gasteiger partial charge on any atom is -0.469 e. The summed E-state index contributed by atoms with van der Waals surface area (Å²) in [6.07, 6.45) is 0.469. The van der Waals surface area contributed by atoms with Crippen LogP contribution in [0.25, 0.3) is 0 Å². The first-order valence-electron chi connectivity index (χ1n) is 6.34. The van der Waals surface area contributed by atoms with E-state index in [1.165, 1.54) is 23.5 Å². The van der Waals surface area contributed by atoms with Gasteiger partial charge in [0.15, 0.2) is 0 Å². The fraction of sp³-hybridized carbons (Fsp3) is 0.385. The molecule has 0 spiro atoms. The summed E-state index contributed by atoms with van der Waals surface area (Å²) in [6, 6.07) is 6.08. The van der Waals surface area contributed by atoms with E-state index in [1.54, 1.807) is 12.1 Å². The molecule has 1 atom stereocenters. The number of carbonyl (C=O) groups excluding carboxylic acids is 1. The van der Waals surface area contributed by atoms with E-state index in [2.05, 4.69) is 4.74 Å². The van der Waals surface area contributed by atoms with Crippen molar-refractivity contribution >= 4 is 33.2 Å². The number of carbonyl (C=O) groups is 1. The van der Waals surface area contributed by atoms with Gasteiger partial charge in [-0.1, -0.05) is 24.4 Å². The van der Waals surface area contributed by atoms with Crippen LogP contribution >= 0.6 is 12.2 Å². The highest BCUT2D eigenvalue weighted by Gasteiger charge is 2.36. The molecular weight excluding hydrogens is 312 g/mol.